The summed E-state index contributed by atoms with van der Waals surface area (Å²) >= 11 is 5.54. The Hall–Kier alpha value is -2.01. The summed E-state index contributed by atoms with van der Waals surface area (Å²) in [6.07, 6.45) is -0.458. The number of alkyl halides is 1. The molecule has 2 aromatic rings. The Kier molecular flexibility index (Phi) is 7.98. The van der Waals surface area contributed by atoms with Crippen LogP contribution in [0.25, 0.3) is 5.57 Å². The van der Waals surface area contributed by atoms with Crippen LogP contribution in [0.3, 0.4) is 0 Å². The summed E-state index contributed by atoms with van der Waals surface area (Å²) in [7, 11) is 0. The molecule has 0 fully saturated rings. The first-order chi connectivity index (χ1) is 12.5. The molecule has 5 heteroatoms. The van der Waals surface area contributed by atoms with Gasteiger partial charge < -0.3 is 19.7 Å². The highest BCUT2D eigenvalue weighted by Crippen LogP contribution is 2.25. The van der Waals surface area contributed by atoms with Gasteiger partial charge in [0.25, 0.3) is 0 Å². The smallest absolute Gasteiger partial charge is 0.119 e. The number of hydrogen-bond acceptors (Lipinski definition) is 4. The van der Waals surface area contributed by atoms with Crippen molar-refractivity contribution in [3.05, 3.63) is 66.2 Å². The highest BCUT2D eigenvalue weighted by Gasteiger charge is 2.07. The van der Waals surface area contributed by atoms with Crippen molar-refractivity contribution in [2.24, 2.45) is 0 Å². The van der Waals surface area contributed by atoms with Crippen molar-refractivity contribution >= 4 is 17.2 Å². The molecule has 0 aromatic heterocycles. The van der Waals surface area contributed by atoms with E-state index in [1.165, 1.54) is 0 Å². The van der Waals surface area contributed by atoms with Gasteiger partial charge in [0.15, 0.2) is 0 Å². The lowest BCUT2D eigenvalue weighted by atomic mass is 9.99. The molecule has 2 unspecified atom stereocenters. The van der Waals surface area contributed by atoms with Crippen LogP contribution < -0.4 is 9.47 Å². The second kappa shape index (κ2) is 10.2. The molecule has 2 rings (SSSR count). The van der Waals surface area contributed by atoms with E-state index in [1.807, 2.05) is 55.5 Å². The van der Waals surface area contributed by atoms with Gasteiger partial charge in [-0.25, -0.2) is 0 Å². The fourth-order valence-corrected chi connectivity index (χ4v) is 2.31. The predicted molar refractivity (Wildman–Crippen MR) is 105 cm³/mol. The summed E-state index contributed by atoms with van der Waals surface area (Å²) in [5, 5.41) is 19.0. The van der Waals surface area contributed by atoms with E-state index in [9.17, 15) is 10.2 Å². The third-order valence-electron chi connectivity index (χ3n) is 3.94. The number of aliphatic hydroxyl groups excluding tert-OH is 2. The van der Waals surface area contributed by atoms with Gasteiger partial charge in [0.2, 0.25) is 0 Å². The van der Waals surface area contributed by atoms with Gasteiger partial charge in [-0.2, -0.15) is 0 Å². The van der Waals surface area contributed by atoms with E-state index in [0.717, 1.165) is 22.4 Å². The monoisotopic (exact) mass is 376 g/mol. The summed E-state index contributed by atoms with van der Waals surface area (Å²) in [5.74, 6) is 1.53. The summed E-state index contributed by atoms with van der Waals surface area (Å²) in [5.41, 5.74) is 2.85. The largest absolute Gasteiger partial charge is 0.491 e. The second-order valence-corrected chi connectivity index (χ2v) is 6.33. The molecule has 0 amide bonds. The first kappa shape index (κ1) is 20.3. The minimum absolute atomic E-state index is 0.145. The molecular weight excluding hydrogens is 352 g/mol. The zero-order chi connectivity index (χ0) is 18.9. The number of rotatable bonds is 10. The Bertz CT molecular complexity index is 623. The fraction of sp³-hybridized carbons (Fsp3) is 0.333. The normalized spacial score (nSPS) is 13.1. The van der Waals surface area contributed by atoms with Crippen molar-refractivity contribution in [2.75, 3.05) is 19.1 Å². The van der Waals surface area contributed by atoms with E-state index in [0.29, 0.717) is 12.2 Å². The Balaban J connectivity index is 1.95. The predicted octanol–water partition coefficient (Wildman–Crippen LogP) is 3.88. The Morgan fingerprint density at radius 1 is 0.885 bits per heavy atom. The maximum Gasteiger partial charge on any atom is 0.119 e. The van der Waals surface area contributed by atoms with Crippen molar-refractivity contribution in [3.63, 3.8) is 0 Å². The molecule has 2 N–H and O–H groups in total. The SMILES string of the molecule is C=C(c1ccc(OCC(O)CC)cc1)c1ccc(OCC(O)CCl)cc1. The van der Waals surface area contributed by atoms with Crippen LogP contribution in [0.15, 0.2) is 55.1 Å². The van der Waals surface area contributed by atoms with Gasteiger partial charge in [-0.3, -0.25) is 0 Å². The van der Waals surface area contributed by atoms with Crippen LogP contribution in [-0.2, 0) is 0 Å². The van der Waals surface area contributed by atoms with Crippen molar-refractivity contribution in [2.45, 2.75) is 25.6 Å². The van der Waals surface area contributed by atoms with E-state index in [-0.39, 0.29) is 19.1 Å². The molecule has 4 nitrogen and oxygen atoms in total. The number of aliphatic hydroxyl groups is 2. The Morgan fingerprint density at radius 2 is 1.31 bits per heavy atom. The van der Waals surface area contributed by atoms with Crippen LogP contribution in [0.2, 0.25) is 0 Å². The second-order valence-electron chi connectivity index (χ2n) is 6.02. The van der Waals surface area contributed by atoms with E-state index >= 15 is 0 Å². The molecule has 0 aliphatic carbocycles. The molecule has 0 aliphatic heterocycles. The topological polar surface area (TPSA) is 58.9 Å². The summed E-state index contributed by atoms with van der Waals surface area (Å²) in [4.78, 5) is 0. The molecule has 0 spiro atoms. The van der Waals surface area contributed by atoms with Crippen LogP contribution >= 0.6 is 11.6 Å². The van der Waals surface area contributed by atoms with Gasteiger partial charge in [-0.1, -0.05) is 37.8 Å². The third kappa shape index (κ3) is 6.06. The quantitative estimate of drug-likeness (QED) is 0.618. The molecule has 0 radical (unpaired) electrons. The van der Waals surface area contributed by atoms with E-state index in [2.05, 4.69) is 6.58 Å². The van der Waals surface area contributed by atoms with Crippen molar-refractivity contribution in [1.82, 2.24) is 0 Å². The third-order valence-corrected chi connectivity index (χ3v) is 4.30. The zero-order valence-corrected chi connectivity index (χ0v) is 15.7. The molecule has 140 valence electrons. The standard InChI is InChI=1S/C21H25ClO4/c1-3-18(23)13-25-20-8-4-16(5-9-20)15(2)17-6-10-21(11-7-17)26-14-19(24)12-22/h4-11,18-19,23-24H,2-3,12-14H2,1H3. The summed E-state index contributed by atoms with van der Waals surface area (Å²) in [6.45, 7) is 6.52. The molecule has 0 saturated heterocycles. The minimum atomic E-state index is -0.675. The van der Waals surface area contributed by atoms with E-state index < -0.39 is 12.2 Å². The molecule has 2 aromatic carbocycles. The average molecular weight is 377 g/mol. The average Bonchev–Trinajstić information content (AvgIpc) is 2.70. The summed E-state index contributed by atoms with van der Waals surface area (Å²) in [6, 6.07) is 15.1. The number of halogens is 1. The summed E-state index contributed by atoms with van der Waals surface area (Å²) < 4.78 is 11.0. The van der Waals surface area contributed by atoms with Gasteiger partial charge in [0, 0.05) is 0 Å². The van der Waals surface area contributed by atoms with Crippen molar-refractivity contribution in [1.29, 1.82) is 0 Å². The Labute approximate surface area is 159 Å². The lowest BCUT2D eigenvalue weighted by Crippen LogP contribution is -2.18. The highest BCUT2D eigenvalue weighted by atomic mass is 35.5. The number of hydrogen-bond donors (Lipinski definition) is 2. The Morgan fingerprint density at radius 3 is 1.69 bits per heavy atom. The lowest BCUT2D eigenvalue weighted by molar-refractivity contribution is 0.104. The maximum atomic E-state index is 9.55. The van der Waals surface area contributed by atoms with Crippen LogP contribution in [0, 0.1) is 0 Å². The minimum Gasteiger partial charge on any atom is -0.491 e. The molecule has 2 atom stereocenters. The van der Waals surface area contributed by atoms with Crippen LogP contribution in [0.5, 0.6) is 11.5 Å². The molecule has 0 bridgehead atoms. The number of ether oxygens (including phenoxy) is 2. The maximum absolute atomic E-state index is 9.55. The van der Waals surface area contributed by atoms with Gasteiger partial charge >= 0.3 is 0 Å². The van der Waals surface area contributed by atoms with E-state index in [1.54, 1.807) is 0 Å². The van der Waals surface area contributed by atoms with Crippen molar-refractivity contribution < 1.29 is 19.7 Å². The fourth-order valence-electron chi connectivity index (χ4n) is 2.22. The molecule has 0 heterocycles. The van der Waals surface area contributed by atoms with Gasteiger partial charge in [-0.15, -0.1) is 11.6 Å². The molecule has 0 saturated carbocycles. The van der Waals surface area contributed by atoms with Crippen LogP contribution in [0.4, 0.5) is 0 Å². The molecule has 0 aliphatic rings. The molecule has 26 heavy (non-hydrogen) atoms. The van der Waals surface area contributed by atoms with E-state index in [4.69, 9.17) is 21.1 Å². The van der Waals surface area contributed by atoms with Crippen molar-refractivity contribution in [3.8, 4) is 11.5 Å². The van der Waals surface area contributed by atoms with Gasteiger partial charge in [-0.05, 0) is 47.4 Å². The first-order valence-corrected chi connectivity index (χ1v) is 9.14. The number of benzene rings is 2. The zero-order valence-electron chi connectivity index (χ0n) is 14.9. The van der Waals surface area contributed by atoms with Crippen LogP contribution in [0.1, 0.15) is 24.5 Å². The van der Waals surface area contributed by atoms with Crippen LogP contribution in [-0.4, -0.2) is 41.5 Å². The highest BCUT2D eigenvalue weighted by molar-refractivity contribution is 6.18. The lowest BCUT2D eigenvalue weighted by Gasteiger charge is -2.12. The molecular formula is C21H25ClO4. The van der Waals surface area contributed by atoms with Gasteiger partial charge in [0.05, 0.1) is 12.0 Å². The first-order valence-electron chi connectivity index (χ1n) is 8.61. The van der Waals surface area contributed by atoms with Gasteiger partial charge in [0.1, 0.15) is 30.8 Å².